The molecule has 114 valence electrons. The van der Waals surface area contributed by atoms with Crippen LogP contribution in [0.25, 0.3) is 0 Å². The average Bonchev–Trinajstić information content (AvgIpc) is 2.88. The highest BCUT2D eigenvalue weighted by Gasteiger charge is 2.19. The Balaban J connectivity index is 1.95. The number of alkyl halides is 2. The first-order chi connectivity index (χ1) is 9.70. The number of nitrogens with zero attached hydrogens (tertiary/aromatic N) is 3. The lowest BCUT2D eigenvalue weighted by Gasteiger charge is -2.30. The van der Waals surface area contributed by atoms with Crippen LogP contribution in [0, 0.1) is 0 Å². The van der Waals surface area contributed by atoms with E-state index in [1.807, 2.05) is 0 Å². The lowest BCUT2D eigenvalue weighted by molar-refractivity contribution is 0.0634. The van der Waals surface area contributed by atoms with Crippen molar-refractivity contribution in [3.05, 3.63) is 18.2 Å². The number of halogens is 2. The normalized spacial score (nSPS) is 19.9. The molecule has 1 atom stereocenters. The minimum Gasteiger partial charge on any atom is -0.313 e. The van der Waals surface area contributed by atoms with Gasteiger partial charge in [0, 0.05) is 25.0 Å². The van der Waals surface area contributed by atoms with Crippen molar-refractivity contribution < 1.29 is 8.78 Å². The fourth-order valence-electron chi connectivity index (χ4n) is 2.79. The van der Waals surface area contributed by atoms with Crippen LogP contribution in [0.2, 0.25) is 0 Å². The molecule has 0 aliphatic carbocycles. The molecule has 0 amide bonds. The van der Waals surface area contributed by atoms with Crippen molar-refractivity contribution in [2.24, 2.45) is 0 Å². The molecule has 1 N–H and O–H groups in total. The lowest BCUT2D eigenvalue weighted by atomic mass is 10.0. The van der Waals surface area contributed by atoms with Crippen molar-refractivity contribution in [1.29, 1.82) is 0 Å². The van der Waals surface area contributed by atoms with Gasteiger partial charge in [-0.25, -0.2) is 4.98 Å². The van der Waals surface area contributed by atoms with Gasteiger partial charge < -0.3 is 5.32 Å². The Morgan fingerprint density at radius 2 is 2.35 bits per heavy atom. The molecule has 0 aromatic carbocycles. The fraction of sp³-hybridized carbons (Fsp3) is 0.786. The number of hydrogen-bond donors (Lipinski definition) is 1. The van der Waals surface area contributed by atoms with Gasteiger partial charge in [-0.3, -0.25) is 9.47 Å². The summed E-state index contributed by atoms with van der Waals surface area (Å²) in [7, 11) is 0. The van der Waals surface area contributed by atoms with E-state index in [-0.39, 0.29) is 0 Å². The smallest absolute Gasteiger partial charge is 0.313 e. The van der Waals surface area contributed by atoms with E-state index in [1.54, 1.807) is 0 Å². The first kappa shape index (κ1) is 15.4. The molecule has 0 spiro atoms. The number of rotatable bonds is 7. The van der Waals surface area contributed by atoms with Gasteiger partial charge in [-0.2, -0.15) is 8.78 Å². The summed E-state index contributed by atoms with van der Waals surface area (Å²) in [6.07, 6.45) is 7.47. The van der Waals surface area contributed by atoms with E-state index in [2.05, 4.69) is 22.1 Å². The second-order valence-electron chi connectivity index (χ2n) is 5.41. The summed E-state index contributed by atoms with van der Waals surface area (Å²) in [6, 6.07) is 0.477. The third-order valence-electron chi connectivity index (χ3n) is 3.75. The van der Waals surface area contributed by atoms with Gasteiger partial charge in [-0.15, -0.1) is 0 Å². The van der Waals surface area contributed by atoms with Gasteiger partial charge in [0.15, 0.2) is 0 Å². The molecule has 1 aliphatic rings. The molecule has 2 rings (SSSR count). The topological polar surface area (TPSA) is 33.1 Å². The number of aromatic nitrogens is 2. The van der Waals surface area contributed by atoms with E-state index in [9.17, 15) is 8.78 Å². The van der Waals surface area contributed by atoms with Crippen LogP contribution in [0.1, 0.15) is 45.0 Å². The Hall–Kier alpha value is -1.01. The Bertz CT molecular complexity index is 388. The molecule has 1 fully saturated rings. The van der Waals surface area contributed by atoms with Gasteiger partial charge in [0.25, 0.3) is 0 Å². The van der Waals surface area contributed by atoms with E-state index in [0.717, 1.165) is 30.6 Å². The maximum absolute atomic E-state index is 12.8. The van der Waals surface area contributed by atoms with Crippen molar-refractivity contribution in [3.63, 3.8) is 0 Å². The minimum atomic E-state index is -2.51. The van der Waals surface area contributed by atoms with Crippen molar-refractivity contribution in [1.82, 2.24) is 19.8 Å². The molecular weight excluding hydrogens is 262 g/mol. The third kappa shape index (κ3) is 4.24. The maximum Gasteiger partial charge on any atom is 0.319 e. The summed E-state index contributed by atoms with van der Waals surface area (Å²) in [6.45, 7) is 2.97. The zero-order valence-electron chi connectivity index (χ0n) is 12.1. The fourth-order valence-corrected chi connectivity index (χ4v) is 2.79. The molecule has 0 bridgehead atoms. The summed E-state index contributed by atoms with van der Waals surface area (Å²) >= 11 is 0. The molecule has 1 aromatic heterocycles. The highest BCUT2D eigenvalue weighted by Crippen LogP contribution is 2.15. The minimum absolute atomic E-state index is 0.448. The molecule has 2 heterocycles. The van der Waals surface area contributed by atoms with Crippen LogP contribution in [-0.2, 0) is 6.54 Å². The van der Waals surface area contributed by atoms with Crippen LogP contribution in [0.4, 0.5) is 8.78 Å². The first-order valence-electron chi connectivity index (χ1n) is 7.46. The van der Waals surface area contributed by atoms with E-state index in [1.165, 1.54) is 31.7 Å². The van der Waals surface area contributed by atoms with Crippen molar-refractivity contribution in [2.45, 2.75) is 51.7 Å². The zero-order valence-corrected chi connectivity index (χ0v) is 12.1. The molecule has 0 saturated carbocycles. The maximum atomic E-state index is 12.8. The van der Waals surface area contributed by atoms with Crippen LogP contribution >= 0.6 is 0 Å². The van der Waals surface area contributed by atoms with Gasteiger partial charge in [0.1, 0.15) is 5.82 Å². The second kappa shape index (κ2) is 7.69. The number of piperidine rings is 1. The lowest BCUT2D eigenvalue weighted by Crippen LogP contribution is -2.43. The second-order valence-corrected chi connectivity index (χ2v) is 5.41. The molecule has 1 aromatic rings. The Morgan fingerprint density at radius 1 is 1.50 bits per heavy atom. The standard InChI is InChI=1S/C14H24F2N4/c1-2-8-19(10-12-5-3-4-6-17-12)11-13-18-7-9-20(13)14(15)16/h7,9,12,14,17H,2-6,8,10-11H2,1H3. The van der Waals surface area contributed by atoms with E-state index in [0.29, 0.717) is 18.4 Å². The van der Waals surface area contributed by atoms with Crippen LogP contribution in [-0.4, -0.2) is 40.1 Å². The third-order valence-corrected chi connectivity index (χ3v) is 3.75. The summed E-state index contributed by atoms with van der Waals surface area (Å²) in [5.41, 5.74) is 0. The predicted molar refractivity (Wildman–Crippen MR) is 74.7 cm³/mol. The first-order valence-corrected chi connectivity index (χ1v) is 7.46. The van der Waals surface area contributed by atoms with E-state index < -0.39 is 6.55 Å². The molecule has 1 aliphatic heterocycles. The van der Waals surface area contributed by atoms with Crippen LogP contribution < -0.4 is 5.32 Å². The van der Waals surface area contributed by atoms with Gasteiger partial charge in [-0.05, 0) is 32.4 Å². The summed E-state index contributed by atoms with van der Waals surface area (Å²) in [4.78, 5) is 6.30. The summed E-state index contributed by atoms with van der Waals surface area (Å²) in [5.74, 6) is 0.448. The predicted octanol–water partition coefficient (Wildman–Crippen LogP) is 2.63. The SMILES string of the molecule is CCCN(Cc1nccn1C(F)F)CC1CCCCN1. The van der Waals surface area contributed by atoms with Crippen molar-refractivity contribution >= 4 is 0 Å². The van der Waals surface area contributed by atoms with Crippen molar-refractivity contribution in [2.75, 3.05) is 19.6 Å². The van der Waals surface area contributed by atoms with Gasteiger partial charge in [0.05, 0.1) is 6.54 Å². The molecule has 6 heteroatoms. The molecule has 0 radical (unpaired) electrons. The summed E-state index contributed by atoms with van der Waals surface area (Å²) in [5, 5.41) is 3.51. The monoisotopic (exact) mass is 286 g/mol. The highest BCUT2D eigenvalue weighted by atomic mass is 19.3. The Kier molecular flexibility index (Phi) is 5.91. The van der Waals surface area contributed by atoms with Crippen LogP contribution in [0.3, 0.4) is 0 Å². The van der Waals surface area contributed by atoms with Gasteiger partial charge in [0.2, 0.25) is 0 Å². The Labute approximate surface area is 119 Å². The number of hydrogen-bond acceptors (Lipinski definition) is 3. The van der Waals surface area contributed by atoms with E-state index >= 15 is 0 Å². The highest BCUT2D eigenvalue weighted by molar-refractivity contribution is 4.93. The molecule has 20 heavy (non-hydrogen) atoms. The van der Waals surface area contributed by atoms with Gasteiger partial charge >= 0.3 is 6.55 Å². The van der Waals surface area contributed by atoms with Gasteiger partial charge in [-0.1, -0.05) is 13.3 Å². The van der Waals surface area contributed by atoms with Crippen LogP contribution in [0.5, 0.6) is 0 Å². The van der Waals surface area contributed by atoms with E-state index in [4.69, 9.17) is 0 Å². The Morgan fingerprint density at radius 3 is 3.00 bits per heavy atom. The van der Waals surface area contributed by atoms with Crippen molar-refractivity contribution in [3.8, 4) is 0 Å². The van der Waals surface area contributed by atoms with Crippen LogP contribution in [0.15, 0.2) is 12.4 Å². The average molecular weight is 286 g/mol. The zero-order chi connectivity index (χ0) is 14.4. The number of nitrogens with one attached hydrogen (secondary N) is 1. The quantitative estimate of drug-likeness (QED) is 0.836. The number of imidazole rings is 1. The molecule has 1 saturated heterocycles. The molecule has 1 unspecified atom stereocenters. The molecule has 4 nitrogen and oxygen atoms in total. The molecular formula is C14H24F2N4. The largest absolute Gasteiger partial charge is 0.319 e. The summed E-state index contributed by atoms with van der Waals surface area (Å²) < 4.78 is 26.7.